The average Bonchev–Trinajstić information content (AvgIpc) is 3.22. The fraction of sp³-hybridized carbons (Fsp3) is 0.571. The van der Waals surface area contributed by atoms with Gasteiger partial charge < -0.3 is 11.1 Å². The molecule has 1 amide bonds. The van der Waals surface area contributed by atoms with Gasteiger partial charge in [0.25, 0.3) is 0 Å². The summed E-state index contributed by atoms with van der Waals surface area (Å²) in [5.41, 5.74) is 10.3. The third-order valence-corrected chi connectivity index (χ3v) is 7.54. The van der Waals surface area contributed by atoms with Crippen molar-refractivity contribution >= 4 is 17.3 Å². The summed E-state index contributed by atoms with van der Waals surface area (Å²) in [7, 11) is 0. The first-order chi connectivity index (χ1) is 15.9. The summed E-state index contributed by atoms with van der Waals surface area (Å²) < 4.78 is 13.3. The zero-order chi connectivity index (χ0) is 23.8. The molecule has 0 aliphatic heterocycles. The van der Waals surface area contributed by atoms with E-state index in [1.54, 1.807) is 18.3 Å². The third kappa shape index (κ3) is 6.13. The Morgan fingerprint density at radius 2 is 1.94 bits per heavy atom. The van der Waals surface area contributed by atoms with E-state index in [1.165, 1.54) is 24.1 Å². The van der Waals surface area contributed by atoms with Crippen molar-refractivity contribution in [2.45, 2.75) is 91.0 Å². The van der Waals surface area contributed by atoms with Crippen LogP contribution in [0.15, 0.2) is 52.7 Å². The normalized spacial score (nSPS) is 23.6. The molecule has 0 heterocycles. The first-order valence-electron chi connectivity index (χ1n) is 12.7. The van der Waals surface area contributed by atoms with Gasteiger partial charge in [-0.15, -0.1) is 0 Å². The van der Waals surface area contributed by atoms with Gasteiger partial charge in [-0.2, -0.15) is 0 Å². The fourth-order valence-corrected chi connectivity index (χ4v) is 5.53. The maximum atomic E-state index is 13.3. The van der Waals surface area contributed by atoms with Crippen LogP contribution in [0, 0.1) is 17.2 Å². The van der Waals surface area contributed by atoms with Crippen LogP contribution in [0.3, 0.4) is 0 Å². The number of nitrogens with zero attached hydrogens (tertiary/aromatic N) is 1. The minimum Gasteiger partial charge on any atom is -0.404 e. The van der Waals surface area contributed by atoms with Crippen molar-refractivity contribution in [1.82, 2.24) is 5.32 Å². The maximum absolute atomic E-state index is 13.3. The van der Waals surface area contributed by atoms with E-state index in [4.69, 9.17) is 10.7 Å². The van der Waals surface area contributed by atoms with Crippen LogP contribution in [0.5, 0.6) is 0 Å². The number of carbonyl (C=O) groups is 1. The standard InChI is InChI=1S/C28H40FN3O/c1-4-8-24(32-27(33)20(5-2)6-3)14-16-28-15-7-9-22(28)17-26(21(18-28)19-30)31-25-12-10-23(29)11-13-25/h10-13,17,19-20,24H,4-9,14-16,18,30H2,1-3H3,(H,32,33)/t24?,28-/m1/s1. The number of aliphatic imine (C=N–C) groups is 1. The molecule has 1 saturated carbocycles. The molecule has 1 fully saturated rings. The molecule has 1 unspecified atom stereocenters. The Balaban J connectivity index is 1.78. The SMILES string of the molecule is CCCC(CC[C@@]12CCCC1=CC(=Nc1ccc(F)cc1)C(=CN)C2)NC(=O)C(CC)CC. The molecular weight excluding hydrogens is 413 g/mol. The smallest absolute Gasteiger partial charge is 0.223 e. The Kier molecular flexibility index (Phi) is 8.87. The largest absolute Gasteiger partial charge is 0.404 e. The van der Waals surface area contributed by atoms with Gasteiger partial charge in [-0.05, 0) is 105 Å². The highest BCUT2D eigenvalue weighted by Crippen LogP contribution is 2.53. The number of amides is 1. The minimum absolute atomic E-state index is 0.108. The lowest BCUT2D eigenvalue weighted by atomic mass is 9.68. The van der Waals surface area contributed by atoms with E-state index < -0.39 is 0 Å². The van der Waals surface area contributed by atoms with Crippen molar-refractivity contribution in [3.05, 3.63) is 53.5 Å². The molecule has 3 N–H and O–H groups in total. The molecule has 0 aromatic heterocycles. The Morgan fingerprint density at radius 1 is 1.21 bits per heavy atom. The van der Waals surface area contributed by atoms with Gasteiger partial charge in [0, 0.05) is 12.0 Å². The van der Waals surface area contributed by atoms with Crippen molar-refractivity contribution < 1.29 is 9.18 Å². The number of benzene rings is 1. The fourth-order valence-electron chi connectivity index (χ4n) is 5.53. The zero-order valence-electron chi connectivity index (χ0n) is 20.5. The van der Waals surface area contributed by atoms with Crippen LogP contribution in [-0.2, 0) is 4.79 Å². The molecule has 3 rings (SSSR count). The van der Waals surface area contributed by atoms with Gasteiger partial charge in [0.05, 0.1) is 11.4 Å². The highest BCUT2D eigenvalue weighted by molar-refractivity contribution is 6.11. The van der Waals surface area contributed by atoms with Crippen LogP contribution < -0.4 is 11.1 Å². The van der Waals surface area contributed by atoms with Crippen molar-refractivity contribution in [1.29, 1.82) is 0 Å². The van der Waals surface area contributed by atoms with E-state index in [0.29, 0.717) is 0 Å². The lowest BCUT2D eigenvalue weighted by molar-refractivity contribution is -0.126. The first-order valence-corrected chi connectivity index (χ1v) is 12.7. The van der Waals surface area contributed by atoms with Crippen molar-refractivity contribution in [2.24, 2.45) is 22.1 Å². The highest BCUT2D eigenvalue weighted by Gasteiger charge is 2.42. The van der Waals surface area contributed by atoms with Gasteiger partial charge in [-0.3, -0.25) is 4.79 Å². The molecule has 2 atom stereocenters. The highest BCUT2D eigenvalue weighted by atomic mass is 19.1. The minimum atomic E-state index is -0.261. The second-order valence-corrected chi connectivity index (χ2v) is 9.69. The molecule has 0 saturated heterocycles. The summed E-state index contributed by atoms with van der Waals surface area (Å²) >= 11 is 0. The maximum Gasteiger partial charge on any atom is 0.223 e. The first kappa shape index (κ1) is 25.2. The van der Waals surface area contributed by atoms with Gasteiger partial charge in [0.1, 0.15) is 5.82 Å². The van der Waals surface area contributed by atoms with Crippen LogP contribution in [0.2, 0.25) is 0 Å². The molecule has 4 nitrogen and oxygen atoms in total. The van der Waals surface area contributed by atoms with Gasteiger partial charge in [-0.1, -0.05) is 32.8 Å². The molecule has 2 aliphatic carbocycles. The molecule has 180 valence electrons. The molecule has 0 radical (unpaired) electrons. The lowest BCUT2D eigenvalue weighted by Gasteiger charge is -2.37. The zero-order valence-corrected chi connectivity index (χ0v) is 20.5. The summed E-state index contributed by atoms with van der Waals surface area (Å²) in [6.45, 7) is 6.36. The number of halogens is 1. The number of hydrogen-bond donors (Lipinski definition) is 2. The number of nitrogens with one attached hydrogen (secondary N) is 1. The van der Waals surface area contributed by atoms with Crippen LogP contribution in [0.25, 0.3) is 0 Å². The third-order valence-electron chi connectivity index (χ3n) is 7.54. The van der Waals surface area contributed by atoms with E-state index in [-0.39, 0.29) is 29.1 Å². The summed E-state index contributed by atoms with van der Waals surface area (Å²) in [5.74, 6) is 0.0532. The lowest BCUT2D eigenvalue weighted by Crippen LogP contribution is -2.40. The van der Waals surface area contributed by atoms with Crippen LogP contribution in [0.4, 0.5) is 10.1 Å². The summed E-state index contributed by atoms with van der Waals surface area (Å²) in [4.78, 5) is 17.5. The predicted octanol–water partition coefficient (Wildman–Crippen LogP) is 6.74. The molecule has 33 heavy (non-hydrogen) atoms. The van der Waals surface area contributed by atoms with Crippen LogP contribution >= 0.6 is 0 Å². The van der Waals surface area contributed by atoms with Crippen molar-refractivity contribution in [2.75, 3.05) is 0 Å². The second kappa shape index (κ2) is 11.6. The summed E-state index contributed by atoms with van der Waals surface area (Å²) in [6.07, 6.45) is 14.1. The predicted molar refractivity (Wildman–Crippen MR) is 135 cm³/mol. The number of rotatable bonds is 10. The molecule has 1 aromatic rings. The summed E-state index contributed by atoms with van der Waals surface area (Å²) in [5, 5.41) is 3.36. The van der Waals surface area contributed by atoms with E-state index in [9.17, 15) is 9.18 Å². The van der Waals surface area contributed by atoms with Crippen LogP contribution in [-0.4, -0.2) is 17.7 Å². The molecule has 0 bridgehead atoms. The number of nitrogens with two attached hydrogens (primary N) is 1. The number of hydrogen-bond acceptors (Lipinski definition) is 3. The quantitative estimate of drug-likeness (QED) is 0.412. The van der Waals surface area contributed by atoms with Gasteiger partial charge >= 0.3 is 0 Å². The van der Waals surface area contributed by atoms with E-state index in [0.717, 1.165) is 74.8 Å². The van der Waals surface area contributed by atoms with Crippen molar-refractivity contribution in [3.63, 3.8) is 0 Å². The number of carbonyl (C=O) groups excluding carboxylic acids is 1. The number of fused-ring (bicyclic) bond motifs is 1. The molecule has 2 aliphatic rings. The summed E-state index contributed by atoms with van der Waals surface area (Å²) in [6, 6.07) is 6.49. The Hall–Kier alpha value is -2.43. The van der Waals surface area contributed by atoms with Crippen molar-refractivity contribution in [3.8, 4) is 0 Å². The van der Waals surface area contributed by atoms with E-state index in [2.05, 4.69) is 32.2 Å². The molecule has 1 aromatic carbocycles. The Labute approximate surface area is 198 Å². The Morgan fingerprint density at radius 3 is 2.58 bits per heavy atom. The topological polar surface area (TPSA) is 67.5 Å². The molecular formula is C28H40FN3O. The van der Waals surface area contributed by atoms with E-state index >= 15 is 0 Å². The van der Waals surface area contributed by atoms with Crippen LogP contribution in [0.1, 0.15) is 85.0 Å². The Bertz CT molecular complexity index is 898. The monoisotopic (exact) mass is 453 g/mol. The molecule has 5 heteroatoms. The van der Waals surface area contributed by atoms with E-state index in [1.807, 2.05) is 0 Å². The second-order valence-electron chi connectivity index (χ2n) is 9.69. The average molecular weight is 454 g/mol. The van der Waals surface area contributed by atoms with Gasteiger partial charge in [0.15, 0.2) is 0 Å². The number of allylic oxidation sites excluding steroid dienone is 3. The molecule has 0 spiro atoms. The van der Waals surface area contributed by atoms with Gasteiger partial charge in [0.2, 0.25) is 5.91 Å². The van der Waals surface area contributed by atoms with Gasteiger partial charge in [-0.25, -0.2) is 9.38 Å².